The van der Waals surface area contributed by atoms with Gasteiger partial charge in [0.1, 0.15) is 0 Å². The van der Waals surface area contributed by atoms with Crippen LogP contribution in [-0.2, 0) is 12.8 Å². The lowest BCUT2D eigenvalue weighted by molar-refractivity contribution is 0.0360. The van der Waals surface area contributed by atoms with Gasteiger partial charge in [-0.25, -0.2) is 0 Å². The second kappa shape index (κ2) is 6.78. The maximum absolute atomic E-state index is 10.1. The number of hydrogen-bond donors (Lipinski definition) is 2. The van der Waals surface area contributed by atoms with Crippen LogP contribution in [0.15, 0.2) is 23.1 Å². The van der Waals surface area contributed by atoms with Gasteiger partial charge in [0, 0.05) is 11.4 Å². The fourth-order valence-corrected chi connectivity index (χ4v) is 3.57. The van der Waals surface area contributed by atoms with Crippen LogP contribution in [0.4, 0.5) is 0 Å². The maximum atomic E-state index is 10.1. The van der Waals surface area contributed by atoms with Crippen molar-refractivity contribution in [2.45, 2.75) is 55.9 Å². The highest BCUT2D eigenvalue weighted by molar-refractivity contribution is 7.99. The molecule has 0 saturated heterocycles. The van der Waals surface area contributed by atoms with Crippen molar-refractivity contribution in [3.05, 3.63) is 29.3 Å². The molecular weight excluding hydrogens is 254 g/mol. The second-order valence-corrected chi connectivity index (χ2v) is 6.69. The van der Waals surface area contributed by atoms with Crippen LogP contribution < -0.4 is 5.73 Å². The monoisotopic (exact) mass is 279 g/mol. The van der Waals surface area contributed by atoms with Gasteiger partial charge in [0.2, 0.25) is 0 Å². The number of hydrogen-bond acceptors (Lipinski definition) is 3. The first-order valence-electron chi connectivity index (χ1n) is 7.34. The molecule has 1 aromatic carbocycles. The normalized spacial score (nSPS) is 17.2. The molecule has 0 aromatic heterocycles. The number of aryl methyl sites for hydroxylation is 2. The molecular formula is C16H25NOS. The average molecular weight is 279 g/mol. The van der Waals surface area contributed by atoms with E-state index in [2.05, 4.69) is 18.2 Å². The van der Waals surface area contributed by atoms with Gasteiger partial charge in [-0.2, -0.15) is 0 Å². The number of fused-ring (bicyclic) bond motifs is 1. The minimum Gasteiger partial charge on any atom is -0.389 e. The molecule has 3 heteroatoms. The van der Waals surface area contributed by atoms with Crippen molar-refractivity contribution < 1.29 is 5.11 Å². The van der Waals surface area contributed by atoms with E-state index >= 15 is 0 Å². The molecule has 3 N–H and O–H groups in total. The van der Waals surface area contributed by atoms with Gasteiger partial charge in [-0.15, -0.1) is 11.8 Å². The molecule has 1 unspecified atom stereocenters. The van der Waals surface area contributed by atoms with E-state index in [9.17, 15) is 5.11 Å². The fraction of sp³-hybridized carbons (Fsp3) is 0.625. The summed E-state index contributed by atoms with van der Waals surface area (Å²) in [6, 6.07) is 6.87. The highest BCUT2D eigenvalue weighted by Crippen LogP contribution is 2.28. The smallest absolute Gasteiger partial charge is 0.0767 e. The van der Waals surface area contributed by atoms with Gasteiger partial charge in [-0.3, -0.25) is 0 Å². The van der Waals surface area contributed by atoms with Crippen LogP contribution in [0, 0.1) is 0 Å². The molecule has 0 amide bonds. The topological polar surface area (TPSA) is 46.2 Å². The van der Waals surface area contributed by atoms with Crippen molar-refractivity contribution in [3.63, 3.8) is 0 Å². The standard InChI is InChI=1S/C16H25NOS/c1-2-16(18,12-17)9-4-10-19-15-8-7-13-5-3-6-14(13)11-15/h7-8,11,18H,2-6,9-10,12,17H2,1H3. The molecule has 0 radical (unpaired) electrons. The quantitative estimate of drug-likeness (QED) is 0.595. The Morgan fingerprint density at radius 3 is 2.84 bits per heavy atom. The molecule has 1 aliphatic rings. The SMILES string of the molecule is CCC(O)(CN)CCCSc1ccc2c(c1)CCC2. The molecule has 0 bridgehead atoms. The molecule has 19 heavy (non-hydrogen) atoms. The number of nitrogens with two attached hydrogens (primary N) is 1. The zero-order valence-corrected chi connectivity index (χ0v) is 12.6. The van der Waals surface area contributed by atoms with Gasteiger partial charge in [-0.1, -0.05) is 13.0 Å². The molecule has 1 atom stereocenters. The first-order chi connectivity index (χ1) is 9.17. The molecule has 2 nitrogen and oxygen atoms in total. The number of rotatable bonds is 7. The van der Waals surface area contributed by atoms with E-state index in [1.54, 1.807) is 0 Å². The van der Waals surface area contributed by atoms with Crippen LogP contribution in [0.2, 0.25) is 0 Å². The Morgan fingerprint density at radius 1 is 1.32 bits per heavy atom. The molecule has 0 fully saturated rings. The van der Waals surface area contributed by atoms with Crippen LogP contribution >= 0.6 is 11.8 Å². The summed E-state index contributed by atoms with van der Waals surface area (Å²) in [4.78, 5) is 1.37. The molecule has 1 aromatic rings. The Balaban J connectivity index is 1.77. The van der Waals surface area contributed by atoms with Crippen LogP contribution in [-0.4, -0.2) is 23.0 Å². The van der Waals surface area contributed by atoms with Crippen molar-refractivity contribution in [2.75, 3.05) is 12.3 Å². The zero-order chi connectivity index (χ0) is 13.7. The molecule has 106 valence electrons. The Labute approximate surface area is 120 Å². The van der Waals surface area contributed by atoms with Gasteiger partial charge in [0.25, 0.3) is 0 Å². The van der Waals surface area contributed by atoms with E-state index in [1.807, 2.05) is 18.7 Å². The summed E-state index contributed by atoms with van der Waals surface area (Å²) in [5, 5.41) is 10.1. The van der Waals surface area contributed by atoms with E-state index in [0.29, 0.717) is 6.54 Å². The van der Waals surface area contributed by atoms with Crippen molar-refractivity contribution in [3.8, 4) is 0 Å². The van der Waals surface area contributed by atoms with E-state index in [0.717, 1.165) is 25.0 Å². The van der Waals surface area contributed by atoms with Gasteiger partial charge < -0.3 is 10.8 Å². The largest absolute Gasteiger partial charge is 0.389 e. The van der Waals surface area contributed by atoms with Crippen molar-refractivity contribution in [1.82, 2.24) is 0 Å². The average Bonchev–Trinajstić information content (AvgIpc) is 2.91. The van der Waals surface area contributed by atoms with Crippen LogP contribution in [0.5, 0.6) is 0 Å². The summed E-state index contributed by atoms with van der Waals surface area (Å²) in [7, 11) is 0. The fourth-order valence-electron chi connectivity index (χ4n) is 2.65. The number of aliphatic hydroxyl groups is 1. The third-order valence-corrected chi connectivity index (χ3v) is 5.24. The van der Waals surface area contributed by atoms with Crippen LogP contribution in [0.25, 0.3) is 0 Å². The lowest BCUT2D eigenvalue weighted by Gasteiger charge is -2.24. The van der Waals surface area contributed by atoms with Crippen molar-refractivity contribution >= 4 is 11.8 Å². The lowest BCUT2D eigenvalue weighted by atomic mass is 9.95. The first-order valence-corrected chi connectivity index (χ1v) is 8.32. The number of benzene rings is 1. The van der Waals surface area contributed by atoms with Crippen LogP contribution in [0.3, 0.4) is 0 Å². The maximum Gasteiger partial charge on any atom is 0.0767 e. The van der Waals surface area contributed by atoms with E-state index < -0.39 is 5.60 Å². The molecule has 1 aliphatic carbocycles. The molecule has 0 saturated carbocycles. The summed E-state index contributed by atoms with van der Waals surface area (Å²) in [5.41, 5.74) is 8.04. The lowest BCUT2D eigenvalue weighted by Crippen LogP contribution is -2.36. The zero-order valence-electron chi connectivity index (χ0n) is 11.8. The van der Waals surface area contributed by atoms with E-state index in [-0.39, 0.29) is 0 Å². The molecule has 0 spiro atoms. The van der Waals surface area contributed by atoms with Gasteiger partial charge in [-0.05, 0) is 67.5 Å². The van der Waals surface area contributed by atoms with Gasteiger partial charge in [0.15, 0.2) is 0 Å². The predicted octanol–water partition coefficient (Wildman–Crippen LogP) is 3.15. The second-order valence-electron chi connectivity index (χ2n) is 5.52. The minimum absolute atomic E-state index is 0.368. The number of thioether (sulfide) groups is 1. The summed E-state index contributed by atoms with van der Waals surface area (Å²) in [6.07, 6.45) is 6.37. The van der Waals surface area contributed by atoms with Crippen molar-refractivity contribution in [1.29, 1.82) is 0 Å². The summed E-state index contributed by atoms with van der Waals surface area (Å²) in [6.45, 7) is 2.37. The Hall–Kier alpha value is -0.510. The van der Waals surface area contributed by atoms with Gasteiger partial charge in [0.05, 0.1) is 5.60 Å². The Bertz CT molecular complexity index is 415. The van der Waals surface area contributed by atoms with E-state index in [4.69, 9.17) is 5.73 Å². The first kappa shape index (κ1) is 14.9. The van der Waals surface area contributed by atoms with Gasteiger partial charge >= 0.3 is 0 Å². The van der Waals surface area contributed by atoms with E-state index in [1.165, 1.54) is 35.3 Å². The van der Waals surface area contributed by atoms with Crippen molar-refractivity contribution in [2.24, 2.45) is 5.73 Å². The summed E-state index contributed by atoms with van der Waals surface area (Å²) < 4.78 is 0. The summed E-state index contributed by atoms with van der Waals surface area (Å²) in [5.74, 6) is 1.06. The highest BCUT2D eigenvalue weighted by atomic mass is 32.2. The summed E-state index contributed by atoms with van der Waals surface area (Å²) >= 11 is 1.90. The molecule has 2 rings (SSSR count). The molecule has 0 aliphatic heterocycles. The van der Waals surface area contributed by atoms with Crippen LogP contribution in [0.1, 0.15) is 43.7 Å². The Kier molecular flexibility index (Phi) is 5.31. The molecule has 0 heterocycles. The predicted molar refractivity (Wildman–Crippen MR) is 82.7 cm³/mol. The minimum atomic E-state index is -0.654. The third kappa shape index (κ3) is 3.98. The third-order valence-electron chi connectivity index (χ3n) is 4.16. The highest BCUT2D eigenvalue weighted by Gasteiger charge is 2.21. The Morgan fingerprint density at radius 2 is 2.11 bits per heavy atom.